The summed E-state index contributed by atoms with van der Waals surface area (Å²) in [5, 5.41) is 10.9. The molecule has 1 aliphatic rings. The maximum atomic E-state index is 11.3. The molecular formula is C9H14N4O2. The number of hydrogen-bond acceptors (Lipinski definition) is 5. The molecule has 0 bridgehead atoms. The minimum absolute atomic E-state index is 0.384. The molecule has 6 heteroatoms. The highest BCUT2D eigenvalue weighted by molar-refractivity contribution is 5.86. The van der Waals surface area contributed by atoms with Crippen molar-refractivity contribution in [2.75, 3.05) is 13.7 Å². The lowest BCUT2D eigenvalue weighted by Crippen LogP contribution is -2.28. The van der Waals surface area contributed by atoms with E-state index >= 15 is 0 Å². The Labute approximate surface area is 87.6 Å². The number of nitrogens with one attached hydrogen (secondary N) is 1. The number of aromatic nitrogens is 3. The van der Waals surface area contributed by atoms with Crippen LogP contribution in [0.2, 0.25) is 0 Å². The predicted molar refractivity (Wildman–Crippen MR) is 52.4 cm³/mol. The first-order valence-electron chi connectivity index (χ1n) is 5.01. The number of methoxy groups -OCH3 is 1. The van der Waals surface area contributed by atoms with Crippen LogP contribution in [0.4, 0.5) is 0 Å². The summed E-state index contributed by atoms with van der Waals surface area (Å²) >= 11 is 0. The number of ether oxygens (including phenoxy) is 1. The van der Waals surface area contributed by atoms with E-state index in [9.17, 15) is 4.79 Å². The second-order valence-electron chi connectivity index (χ2n) is 3.59. The van der Waals surface area contributed by atoms with Gasteiger partial charge in [-0.3, -0.25) is 0 Å². The number of nitrogens with zero attached hydrogens (tertiary/aromatic N) is 3. The molecule has 2 heterocycles. The lowest BCUT2D eigenvalue weighted by molar-refractivity contribution is 0.0586. The number of esters is 1. The third-order valence-electron chi connectivity index (χ3n) is 2.57. The SMILES string of the molecule is COC(=O)c1cnnn1CC1CCCN1. The minimum Gasteiger partial charge on any atom is -0.464 e. The minimum atomic E-state index is -0.391. The zero-order valence-corrected chi connectivity index (χ0v) is 8.64. The molecule has 0 amide bonds. The van der Waals surface area contributed by atoms with Crippen LogP contribution >= 0.6 is 0 Å². The Morgan fingerprint density at radius 3 is 3.33 bits per heavy atom. The van der Waals surface area contributed by atoms with Crippen molar-refractivity contribution < 1.29 is 9.53 Å². The first-order valence-corrected chi connectivity index (χ1v) is 5.01. The van der Waals surface area contributed by atoms with Gasteiger partial charge in [-0.15, -0.1) is 5.10 Å². The molecular weight excluding hydrogens is 196 g/mol. The van der Waals surface area contributed by atoms with Crippen molar-refractivity contribution in [3.63, 3.8) is 0 Å². The lowest BCUT2D eigenvalue weighted by atomic mass is 10.2. The molecule has 1 atom stereocenters. The second kappa shape index (κ2) is 4.39. The van der Waals surface area contributed by atoms with Crippen molar-refractivity contribution in [2.24, 2.45) is 0 Å². The average molecular weight is 210 g/mol. The van der Waals surface area contributed by atoms with Crippen LogP contribution in [0.15, 0.2) is 6.20 Å². The van der Waals surface area contributed by atoms with Crippen LogP contribution in [0, 0.1) is 0 Å². The molecule has 0 aliphatic carbocycles. The molecule has 1 fully saturated rings. The molecule has 15 heavy (non-hydrogen) atoms. The molecule has 1 aromatic rings. The molecule has 0 spiro atoms. The first-order chi connectivity index (χ1) is 7.31. The van der Waals surface area contributed by atoms with Gasteiger partial charge in [-0.2, -0.15) is 0 Å². The Balaban J connectivity index is 2.07. The van der Waals surface area contributed by atoms with Crippen molar-refractivity contribution in [3.05, 3.63) is 11.9 Å². The van der Waals surface area contributed by atoms with Gasteiger partial charge in [0.15, 0.2) is 5.69 Å². The van der Waals surface area contributed by atoms with Gasteiger partial charge in [0.2, 0.25) is 0 Å². The van der Waals surface area contributed by atoms with E-state index in [0.29, 0.717) is 18.3 Å². The maximum Gasteiger partial charge on any atom is 0.358 e. The van der Waals surface area contributed by atoms with Crippen LogP contribution in [0.1, 0.15) is 23.3 Å². The Hall–Kier alpha value is -1.43. The normalized spacial score (nSPS) is 20.5. The van der Waals surface area contributed by atoms with Crippen molar-refractivity contribution >= 4 is 5.97 Å². The highest BCUT2D eigenvalue weighted by Gasteiger charge is 2.19. The Kier molecular flexibility index (Phi) is 2.96. The summed E-state index contributed by atoms with van der Waals surface area (Å²) < 4.78 is 6.23. The summed E-state index contributed by atoms with van der Waals surface area (Å²) in [4.78, 5) is 11.3. The van der Waals surface area contributed by atoms with E-state index in [1.165, 1.54) is 19.7 Å². The Morgan fingerprint density at radius 2 is 2.67 bits per heavy atom. The smallest absolute Gasteiger partial charge is 0.358 e. The Bertz CT molecular complexity index is 344. The van der Waals surface area contributed by atoms with Crippen LogP contribution in [0.25, 0.3) is 0 Å². The molecule has 1 unspecified atom stereocenters. The van der Waals surface area contributed by atoms with Gasteiger partial charge in [0.05, 0.1) is 19.9 Å². The van der Waals surface area contributed by atoms with Crippen LogP contribution in [-0.2, 0) is 11.3 Å². The monoisotopic (exact) mass is 210 g/mol. The van der Waals surface area contributed by atoms with Crippen LogP contribution in [0.3, 0.4) is 0 Å². The fourth-order valence-electron chi connectivity index (χ4n) is 1.78. The van der Waals surface area contributed by atoms with Crippen molar-refractivity contribution in [2.45, 2.75) is 25.4 Å². The summed E-state index contributed by atoms with van der Waals surface area (Å²) in [6.45, 7) is 1.71. The third kappa shape index (κ3) is 2.15. The molecule has 6 nitrogen and oxygen atoms in total. The quantitative estimate of drug-likeness (QED) is 0.701. The van der Waals surface area contributed by atoms with Crippen molar-refractivity contribution in [1.29, 1.82) is 0 Å². The van der Waals surface area contributed by atoms with E-state index in [4.69, 9.17) is 0 Å². The van der Waals surface area contributed by atoms with Gasteiger partial charge in [-0.25, -0.2) is 9.48 Å². The number of rotatable bonds is 3. The van der Waals surface area contributed by atoms with E-state index in [1.54, 1.807) is 4.68 Å². The van der Waals surface area contributed by atoms with Crippen LogP contribution in [-0.4, -0.2) is 40.7 Å². The molecule has 0 radical (unpaired) electrons. The number of carbonyl (C=O) groups excluding carboxylic acids is 1. The van der Waals surface area contributed by atoms with Gasteiger partial charge in [0.25, 0.3) is 0 Å². The molecule has 2 rings (SSSR count). The zero-order valence-electron chi connectivity index (χ0n) is 8.64. The van der Waals surface area contributed by atoms with Gasteiger partial charge in [-0.05, 0) is 19.4 Å². The van der Waals surface area contributed by atoms with Gasteiger partial charge < -0.3 is 10.1 Å². The molecule has 1 saturated heterocycles. The molecule has 0 aromatic carbocycles. The van der Waals surface area contributed by atoms with E-state index in [2.05, 4.69) is 20.4 Å². The number of hydrogen-bond donors (Lipinski definition) is 1. The van der Waals surface area contributed by atoms with E-state index in [1.807, 2.05) is 0 Å². The molecule has 1 aliphatic heterocycles. The van der Waals surface area contributed by atoms with E-state index in [0.717, 1.165) is 13.0 Å². The predicted octanol–water partition coefficient (Wildman–Crippen LogP) is -0.183. The molecule has 1 N–H and O–H groups in total. The topological polar surface area (TPSA) is 69.0 Å². The van der Waals surface area contributed by atoms with Crippen LogP contribution in [0.5, 0.6) is 0 Å². The van der Waals surface area contributed by atoms with Crippen LogP contribution < -0.4 is 5.32 Å². The molecule has 1 aromatic heterocycles. The summed E-state index contributed by atoms with van der Waals surface area (Å²) in [7, 11) is 1.35. The van der Waals surface area contributed by atoms with Gasteiger partial charge in [0, 0.05) is 6.04 Å². The zero-order chi connectivity index (χ0) is 10.7. The number of carbonyl (C=O) groups is 1. The standard InChI is InChI=1S/C9H14N4O2/c1-15-9(14)8-5-11-12-13(8)6-7-3-2-4-10-7/h5,7,10H,2-4,6H2,1H3. The van der Waals surface area contributed by atoms with E-state index < -0.39 is 5.97 Å². The summed E-state index contributed by atoms with van der Waals surface area (Å²) in [5.41, 5.74) is 0.409. The molecule has 82 valence electrons. The van der Waals surface area contributed by atoms with E-state index in [-0.39, 0.29) is 0 Å². The highest BCUT2D eigenvalue weighted by atomic mass is 16.5. The maximum absolute atomic E-state index is 11.3. The Morgan fingerprint density at radius 1 is 1.80 bits per heavy atom. The second-order valence-corrected chi connectivity index (χ2v) is 3.59. The summed E-state index contributed by atoms with van der Waals surface area (Å²) in [6, 6.07) is 0.384. The highest BCUT2D eigenvalue weighted by Crippen LogP contribution is 2.08. The summed E-state index contributed by atoms with van der Waals surface area (Å²) in [6.07, 6.45) is 3.72. The summed E-state index contributed by atoms with van der Waals surface area (Å²) in [5.74, 6) is -0.391. The van der Waals surface area contributed by atoms with Gasteiger partial charge in [0.1, 0.15) is 0 Å². The largest absolute Gasteiger partial charge is 0.464 e. The third-order valence-corrected chi connectivity index (χ3v) is 2.57. The van der Waals surface area contributed by atoms with Crippen molar-refractivity contribution in [1.82, 2.24) is 20.3 Å². The first kappa shape index (κ1) is 10.1. The van der Waals surface area contributed by atoms with Gasteiger partial charge >= 0.3 is 5.97 Å². The average Bonchev–Trinajstić information content (AvgIpc) is 2.88. The molecule has 0 saturated carbocycles. The van der Waals surface area contributed by atoms with Gasteiger partial charge in [-0.1, -0.05) is 5.21 Å². The van der Waals surface area contributed by atoms with Crippen molar-refractivity contribution in [3.8, 4) is 0 Å². The fraction of sp³-hybridized carbons (Fsp3) is 0.667. The lowest BCUT2D eigenvalue weighted by Gasteiger charge is -2.10. The fourth-order valence-corrected chi connectivity index (χ4v) is 1.78.